The third-order valence-corrected chi connectivity index (χ3v) is 8.84. The van der Waals surface area contributed by atoms with E-state index in [1.54, 1.807) is 11.4 Å². The Balaban J connectivity index is 1.46. The van der Waals surface area contributed by atoms with Crippen molar-refractivity contribution < 1.29 is 17.7 Å². The third kappa shape index (κ3) is 4.77. The minimum Gasteiger partial charge on any atom is -0.339 e. The number of nitrogens with zero attached hydrogens (tertiary/aromatic N) is 3. The van der Waals surface area contributed by atoms with Gasteiger partial charge in [-0.25, -0.2) is 8.42 Å². The Kier molecular flexibility index (Phi) is 6.73. The van der Waals surface area contributed by atoms with Gasteiger partial charge in [-0.3, -0.25) is 4.79 Å². The molecule has 8 nitrogen and oxygen atoms in total. The van der Waals surface area contributed by atoms with E-state index in [2.05, 4.69) is 22.4 Å². The lowest BCUT2D eigenvalue weighted by molar-refractivity contribution is -0.120. The number of aromatic nitrogens is 2. The van der Waals surface area contributed by atoms with Crippen molar-refractivity contribution in [2.24, 2.45) is 5.92 Å². The summed E-state index contributed by atoms with van der Waals surface area (Å²) in [6, 6.07) is 9.29. The van der Waals surface area contributed by atoms with E-state index >= 15 is 0 Å². The van der Waals surface area contributed by atoms with E-state index in [1.807, 2.05) is 31.2 Å². The number of sulfonamides is 1. The summed E-state index contributed by atoms with van der Waals surface area (Å²) < 4.78 is 33.2. The highest BCUT2D eigenvalue weighted by atomic mass is 32.2. The van der Waals surface area contributed by atoms with Crippen LogP contribution in [0, 0.1) is 5.92 Å². The van der Waals surface area contributed by atoms with Gasteiger partial charge in [0.25, 0.3) is 10.0 Å². The maximum absolute atomic E-state index is 13.2. The molecule has 0 spiro atoms. The van der Waals surface area contributed by atoms with Crippen LogP contribution in [0.5, 0.6) is 0 Å². The molecule has 0 saturated carbocycles. The molecule has 1 aromatic carbocycles. The molecule has 2 aromatic heterocycles. The number of carbonyl (C=O) groups is 1. The van der Waals surface area contributed by atoms with Crippen molar-refractivity contribution in [3.05, 3.63) is 47.2 Å². The van der Waals surface area contributed by atoms with Gasteiger partial charge < -0.3 is 9.84 Å². The maximum atomic E-state index is 13.2. The third-order valence-electron chi connectivity index (χ3n) is 5.56. The summed E-state index contributed by atoms with van der Waals surface area (Å²) in [6.07, 6.45) is 2.78. The van der Waals surface area contributed by atoms with Crippen LogP contribution in [0.15, 0.2) is 44.4 Å². The Hall–Kier alpha value is -2.56. The van der Waals surface area contributed by atoms with Crippen molar-refractivity contribution in [1.29, 1.82) is 0 Å². The first-order chi connectivity index (χ1) is 15.4. The van der Waals surface area contributed by atoms with Gasteiger partial charge in [0.1, 0.15) is 4.21 Å². The average Bonchev–Trinajstić information content (AvgIpc) is 3.49. The van der Waals surface area contributed by atoms with E-state index in [1.165, 1.54) is 4.31 Å². The highest BCUT2D eigenvalue weighted by Gasteiger charge is 2.34. The van der Waals surface area contributed by atoms with Gasteiger partial charge >= 0.3 is 0 Å². The van der Waals surface area contributed by atoms with Crippen LogP contribution in [0.2, 0.25) is 0 Å². The van der Waals surface area contributed by atoms with Crippen LogP contribution in [0.25, 0.3) is 11.4 Å². The van der Waals surface area contributed by atoms with Gasteiger partial charge in [0.15, 0.2) is 0 Å². The summed E-state index contributed by atoms with van der Waals surface area (Å²) in [7, 11) is -3.71. The molecule has 1 saturated heterocycles. The van der Waals surface area contributed by atoms with Crippen molar-refractivity contribution >= 4 is 33.0 Å². The Labute approximate surface area is 191 Å². The van der Waals surface area contributed by atoms with Crippen molar-refractivity contribution in [1.82, 2.24) is 14.4 Å². The van der Waals surface area contributed by atoms with Gasteiger partial charge in [-0.15, -0.1) is 11.3 Å². The minimum atomic E-state index is -3.71. The smallest absolute Gasteiger partial charge is 0.252 e. The number of carbonyl (C=O) groups excluding carboxylic acids is 1. The highest BCUT2D eigenvalue weighted by Crippen LogP contribution is 2.31. The number of amides is 1. The van der Waals surface area contributed by atoms with Crippen LogP contribution >= 0.6 is 11.3 Å². The highest BCUT2D eigenvalue weighted by molar-refractivity contribution is 7.91. The number of rotatable bonds is 7. The van der Waals surface area contributed by atoms with Gasteiger partial charge in [-0.05, 0) is 43.0 Å². The fraction of sp³-hybridized carbons (Fsp3) is 0.409. The molecule has 170 valence electrons. The molecule has 0 bridgehead atoms. The molecule has 10 heteroatoms. The second-order valence-electron chi connectivity index (χ2n) is 7.77. The van der Waals surface area contributed by atoms with E-state index in [0.29, 0.717) is 43.1 Å². The standard InChI is InChI=1S/C22H26N4O4S2/c1-3-15-7-5-9-18(11-15)23-22(27)16-8-6-10-26(13-16)32(28,29)20-12-17(14-31-20)21-24-19(4-2)30-25-21/h5,7,9,11-12,14,16H,3-4,6,8,10,13H2,1-2H3,(H,23,27)/t16-/m0/s1. The largest absolute Gasteiger partial charge is 0.339 e. The van der Waals surface area contributed by atoms with Crippen LogP contribution < -0.4 is 5.32 Å². The first-order valence-electron chi connectivity index (χ1n) is 10.7. The lowest BCUT2D eigenvalue weighted by Crippen LogP contribution is -2.43. The molecule has 3 aromatic rings. The van der Waals surface area contributed by atoms with Crippen LogP contribution in [-0.2, 0) is 27.7 Å². The molecule has 1 aliphatic heterocycles. The zero-order chi connectivity index (χ0) is 22.7. The summed E-state index contributed by atoms with van der Waals surface area (Å²) in [6.45, 7) is 4.52. The molecular formula is C22H26N4O4S2. The maximum Gasteiger partial charge on any atom is 0.252 e. The number of hydrogen-bond donors (Lipinski definition) is 1. The molecule has 3 heterocycles. The molecule has 1 atom stereocenters. The van der Waals surface area contributed by atoms with Crippen molar-refractivity contribution in [3.63, 3.8) is 0 Å². The monoisotopic (exact) mass is 474 g/mol. The van der Waals surface area contributed by atoms with Crippen LogP contribution in [0.3, 0.4) is 0 Å². The van der Waals surface area contributed by atoms with E-state index in [-0.39, 0.29) is 16.7 Å². The summed E-state index contributed by atoms with van der Waals surface area (Å²) in [5, 5.41) is 8.57. The topological polar surface area (TPSA) is 105 Å². The van der Waals surface area contributed by atoms with Gasteiger partial charge in [0.2, 0.25) is 17.6 Å². The van der Waals surface area contributed by atoms with Crippen molar-refractivity contribution in [2.45, 2.75) is 43.7 Å². The van der Waals surface area contributed by atoms with Gasteiger partial charge in [-0.1, -0.05) is 31.1 Å². The number of anilines is 1. The lowest BCUT2D eigenvalue weighted by atomic mass is 9.98. The second-order valence-corrected chi connectivity index (χ2v) is 10.8. The Morgan fingerprint density at radius 2 is 2.12 bits per heavy atom. The fourth-order valence-electron chi connectivity index (χ4n) is 3.70. The molecule has 1 N–H and O–H groups in total. The predicted molar refractivity (Wildman–Crippen MR) is 123 cm³/mol. The fourth-order valence-corrected chi connectivity index (χ4v) is 6.53. The van der Waals surface area contributed by atoms with Crippen LogP contribution in [-0.4, -0.2) is 41.9 Å². The Morgan fingerprint density at radius 1 is 1.28 bits per heavy atom. The zero-order valence-electron chi connectivity index (χ0n) is 18.1. The number of piperidine rings is 1. The molecule has 0 radical (unpaired) electrons. The molecule has 1 fully saturated rings. The van der Waals surface area contributed by atoms with Crippen LogP contribution in [0.1, 0.15) is 38.1 Å². The molecule has 4 rings (SSSR count). The normalized spacial score (nSPS) is 17.4. The van der Waals surface area contributed by atoms with E-state index in [9.17, 15) is 13.2 Å². The van der Waals surface area contributed by atoms with E-state index < -0.39 is 15.9 Å². The molecular weight excluding hydrogens is 448 g/mol. The number of aryl methyl sites for hydroxylation is 2. The van der Waals surface area contributed by atoms with Crippen LogP contribution in [0.4, 0.5) is 5.69 Å². The predicted octanol–water partition coefficient (Wildman–Crippen LogP) is 3.96. The second kappa shape index (κ2) is 9.51. The Bertz CT molecular complexity index is 1200. The number of benzene rings is 1. The molecule has 0 unspecified atom stereocenters. The Morgan fingerprint density at radius 3 is 2.88 bits per heavy atom. The summed E-state index contributed by atoms with van der Waals surface area (Å²) >= 11 is 1.13. The SMILES string of the molecule is CCc1cccc(NC(=O)[C@H]2CCCN(S(=O)(=O)c3cc(-c4noc(CC)n4)cs3)C2)c1. The van der Waals surface area contributed by atoms with Crippen molar-refractivity contribution in [2.75, 3.05) is 18.4 Å². The van der Waals surface area contributed by atoms with E-state index in [0.717, 1.165) is 29.0 Å². The summed E-state index contributed by atoms with van der Waals surface area (Å²) in [4.78, 5) is 17.1. The summed E-state index contributed by atoms with van der Waals surface area (Å²) in [5.41, 5.74) is 2.49. The zero-order valence-corrected chi connectivity index (χ0v) is 19.7. The van der Waals surface area contributed by atoms with E-state index in [4.69, 9.17) is 4.52 Å². The number of hydrogen-bond acceptors (Lipinski definition) is 7. The van der Waals surface area contributed by atoms with Gasteiger partial charge in [0, 0.05) is 36.1 Å². The first-order valence-corrected chi connectivity index (χ1v) is 13.0. The molecule has 1 aliphatic rings. The molecule has 32 heavy (non-hydrogen) atoms. The van der Waals surface area contributed by atoms with Crippen molar-refractivity contribution in [3.8, 4) is 11.4 Å². The average molecular weight is 475 g/mol. The van der Waals surface area contributed by atoms with Gasteiger partial charge in [-0.2, -0.15) is 9.29 Å². The minimum absolute atomic E-state index is 0.149. The van der Waals surface area contributed by atoms with Gasteiger partial charge in [0.05, 0.1) is 5.92 Å². The quantitative estimate of drug-likeness (QED) is 0.556. The number of thiophene rings is 1. The lowest BCUT2D eigenvalue weighted by Gasteiger charge is -2.30. The first kappa shape index (κ1) is 22.6. The number of nitrogens with one attached hydrogen (secondary N) is 1. The summed E-state index contributed by atoms with van der Waals surface area (Å²) in [5.74, 6) is 0.339. The molecule has 1 amide bonds. The molecule has 0 aliphatic carbocycles.